The zero-order valence-electron chi connectivity index (χ0n) is 15.2. The second kappa shape index (κ2) is 7.01. The number of fused-ring (bicyclic) bond motifs is 1. The number of hydrogen-bond donors (Lipinski definition) is 0. The van der Waals surface area contributed by atoms with Crippen molar-refractivity contribution < 1.29 is 14.3 Å². The van der Waals surface area contributed by atoms with Gasteiger partial charge in [0.1, 0.15) is 13.2 Å². The van der Waals surface area contributed by atoms with Crippen molar-refractivity contribution in [3.05, 3.63) is 23.3 Å². The molecule has 24 heavy (non-hydrogen) atoms. The maximum absolute atomic E-state index is 12.6. The molecule has 5 nitrogen and oxygen atoms in total. The molecule has 1 aromatic rings. The molecule has 132 valence electrons. The lowest BCUT2D eigenvalue weighted by atomic mass is 10.0. The average Bonchev–Trinajstić information content (AvgIpc) is 2.54. The van der Waals surface area contributed by atoms with Crippen LogP contribution in [-0.4, -0.2) is 54.6 Å². The minimum atomic E-state index is -0.0786. The molecule has 0 spiro atoms. The summed E-state index contributed by atoms with van der Waals surface area (Å²) in [6.45, 7) is 13.0. The second-order valence-corrected chi connectivity index (χ2v) is 7.25. The van der Waals surface area contributed by atoms with Crippen molar-refractivity contribution in [3.63, 3.8) is 0 Å². The Hall–Kier alpha value is -1.75. The highest BCUT2D eigenvalue weighted by Crippen LogP contribution is 2.33. The van der Waals surface area contributed by atoms with E-state index in [1.165, 1.54) is 11.1 Å². The van der Waals surface area contributed by atoms with E-state index in [0.717, 1.165) is 37.7 Å². The predicted octanol–water partition coefficient (Wildman–Crippen LogP) is 2.45. The van der Waals surface area contributed by atoms with E-state index in [1.807, 2.05) is 17.9 Å². The minimum absolute atomic E-state index is 0.0786. The minimum Gasteiger partial charge on any atom is -0.486 e. The summed E-state index contributed by atoms with van der Waals surface area (Å²) in [6, 6.07) is 4.04. The van der Waals surface area contributed by atoms with Crippen LogP contribution in [0.3, 0.4) is 0 Å². The first kappa shape index (κ1) is 17.1. The molecule has 0 aliphatic carbocycles. The number of rotatable bonds is 4. The highest BCUT2D eigenvalue weighted by atomic mass is 16.6. The standard InChI is InChI=1S/C19H28N2O3/c1-13(2)11-21-6-5-20(15(4)19(21)22)12-16-10-18-17(9-14(16)3)23-7-8-24-18/h9-10,13,15H,5-8,11-12H2,1-4H3/t15-/m0/s1. The van der Waals surface area contributed by atoms with E-state index in [0.29, 0.717) is 19.1 Å². The smallest absolute Gasteiger partial charge is 0.239 e. The van der Waals surface area contributed by atoms with Gasteiger partial charge in [-0.3, -0.25) is 9.69 Å². The maximum Gasteiger partial charge on any atom is 0.239 e. The van der Waals surface area contributed by atoms with E-state index in [1.54, 1.807) is 0 Å². The van der Waals surface area contributed by atoms with Gasteiger partial charge >= 0.3 is 0 Å². The summed E-state index contributed by atoms with van der Waals surface area (Å²) in [5.41, 5.74) is 2.39. The lowest BCUT2D eigenvalue weighted by molar-refractivity contribution is -0.141. The topological polar surface area (TPSA) is 42.0 Å². The molecule has 2 aliphatic heterocycles. The number of carbonyl (C=O) groups is 1. The largest absolute Gasteiger partial charge is 0.486 e. The van der Waals surface area contributed by atoms with E-state index < -0.39 is 0 Å². The number of carbonyl (C=O) groups excluding carboxylic acids is 1. The normalized spacial score (nSPS) is 21.5. The predicted molar refractivity (Wildman–Crippen MR) is 93.5 cm³/mol. The SMILES string of the molecule is Cc1cc2c(cc1CN1CCN(CC(C)C)C(=O)[C@@H]1C)OCCO2. The Kier molecular flexibility index (Phi) is 4.99. The van der Waals surface area contributed by atoms with Gasteiger partial charge in [0.2, 0.25) is 5.91 Å². The molecule has 0 radical (unpaired) electrons. The summed E-state index contributed by atoms with van der Waals surface area (Å²) >= 11 is 0. The zero-order valence-corrected chi connectivity index (χ0v) is 15.2. The van der Waals surface area contributed by atoms with Gasteiger partial charge in [0.05, 0.1) is 6.04 Å². The van der Waals surface area contributed by atoms with Crippen LogP contribution in [0.5, 0.6) is 11.5 Å². The van der Waals surface area contributed by atoms with Crippen molar-refractivity contribution >= 4 is 5.91 Å². The van der Waals surface area contributed by atoms with Gasteiger partial charge < -0.3 is 14.4 Å². The van der Waals surface area contributed by atoms with Crippen LogP contribution < -0.4 is 9.47 Å². The number of hydrogen-bond acceptors (Lipinski definition) is 4. The molecule has 2 heterocycles. The zero-order chi connectivity index (χ0) is 17.3. The Labute approximate surface area is 144 Å². The molecule has 1 amide bonds. The third kappa shape index (κ3) is 3.51. The van der Waals surface area contributed by atoms with Crippen LogP contribution in [0.1, 0.15) is 31.9 Å². The van der Waals surface area contributed by atoms with Crippen LogP contribution >= 0.6 is 0 Å². The van der Waals surface area contributed by atoms with E-state index in [-0.39, 0.29) is 11.9 Å². The first-order valence-corrected chi connectivity index (χ1v) is 8.87. The summed E-state index contributed by atoms with van der Waals surface area (Å²) < 4.78 is 11.3. The van der Waals surface area contributed by atoms with Gasteiger partial charge in [-0.2, -0.15) is 0 Å². The summed E-state index contributed by atoms with van der Waals surface area (Å²) in [5, 5.41) is 0. The molecule has 2 aliphatic rings. The molecular formula is C19H28N2O3. The van der Waals surface area contributed by atoms with Crippen LogP contribution in [0.4, 0.5) is 0 Å². The summed E-state index contributed by atoms with van der Waals surface area (Å²) in [7, 11) is 0. The van der Waals surface area contributed by atoms with Gasteiger partial charge in [-0.15, -0.1) is 0 Å². The maximum atomic E-state index is 12.6. The van der Waals surface area contributed by atoms with E-state index in [4.69, 9.17) is 9.47 Å². The van der Waals surface area contributed by atoms with Gasteiger partial charge in [0, 0.05) is 26.2 Å². The molecule has 5 heteroatoms. The van der Waals surface area contributed by atoms with Crippen molar-refractivity contribution in [2.24, 2.45) is 5.92 Å². The number of piperazine rings is 1. The van der Waals surface area contributed by atoms with Gasteiger partial charge in [-0.25, -0.2) is 0 Å². The molecular weight excluding hydrogens is 304 g/mol. The number of nitrogens with zero attached hydrogens (tertiary/aromatic N) is 2. The summed E-state index contributed by atoms with van der Waals surface area (Å²) in [5.74, 6) is 2.39. The van der Waals surface area contributed by atoms with Crippen LogP contribution in [0.25, 0.3) is 0 Å². The quantitative estimate of drug-likeness (QED) is 0.849. The Balaban J connectivity index is 1.71. The first-order valence-electron chi connectivity index (χ1n) is 8.87. The van der Waals surface area contributed by atoms with Crippen molar-refractivity contribution in [2.45, 2.75) is 40.3 Å². The molecule has 1 aromatic carbocycles. The van der Waals surface area contributed by atoms with Crippen LogP contribution in [0.2, 0.25) is 0 Å². The molecule has 0 unspecified atom stereocenters. The number of aryl methyl sites for hydroxylation is 1. The van der Waals surface area contributed by atoms with E-state index in [9.17, 15) is 4.79 Å². The van der Waals surface area contributed by atoms with Gasteiger partial charge in [-0.1, -0.05) is 13.8 Å². The lowest BCUT2D eigenvalue weighted by Gasteiger charge is -2.40. The van der Waals surface area contributed by atoms with Crippen LogP contribution in [0, 0.1) is 12.8 Å². The third-order valence-corrected chi connectivity index (χ3v) is 4.83. The highest BCUT2D eigenvalue weighted by molar-refractivity contribution is 5.82. The molecule has 1 saturated heterocycles. The van der Waals surface area contributed by atoms with Crippen LogP contribution in [0.15, 0.2) is 12.1 Å². The highest BCUT2D eigenvalue weighted by Gasteiger charge is 2.31. The Bertz CT molecular complexity index is 615. The molecule has 3 rings (SSSR count). The van der Waals surface area contributed by atoms with Gasteiger partial charge in [-0.05, 0) is 43.0 Å². The molecule has 0 saturated carbocycles. The van der Waals surface area contributed by atoms with Crippen molar-refractivity contribution in [1.82, 2.24) is 9.80 Å². The Morgan fingerprint density at radius 2 is 1.83 bits per heavy atom. The van der Waals surface area contributed by atoms with E-state index >= 15 is 0 Å². The number of ether oxygens (including phenoxy) is 2. The number of amides is 1. The van der Waals surface area contributed by atoms with Crippen molar-refractivity contribution in [2.75, 3.05) is 32.8 Å². The lowest BCUT2D eigenvalue weighted by Crippen LogP contribution is -2.56. The number of benzene rings is 1. The fourth-order valence-corrected chi connectivity index (χ4v) is 3.43. The summed E-state index contributed by atoms with van der Waals surface area (Å²) in [4.78, 5) is 16.9. The molecule has 0 N–H and O–H groups in total. The van der Waals surface area contributed by atoms with Gasteiger partial charge in [0.15, 0.2) is 11.5 Å². The average molecular weight is 332 g/mol. The summed E-state index contributed by atoms with van der Waals surface area (Å²) in [6.07, 6.45) is 0. The van der Waals surface area contributed by atoms with E-state index in [2.05, 4.69) is 31.7 Å². The third-order valence-electron chi connectivity index (χ3n) is 4.83. The van der Waals surface area contributed by atoms with Crippen LogP contribution in [-0.2, 0) is 11.3 Å². The van der Waals surface area contributed by atoms with Gasteiger partial charge in [0.25, 0.3) is 0 Å². The fourth-order valence-electron chi connectivity index (χ4n) is 3.43. The molecule has 1 fully saturated rings. The van der Waals surface area contributed by atoms with Crippen molar-refractivity contribution in [3.8, 4) is 11.5 Å². The Morgan fingerprint density at radius 3 is 2.50 bits per heavy atom. The van der Waals surface area contributed by atoms with Crippen molar-refractivity contribution in [1.29, 1.82) is 0 Å². The monoisotopic (exact) mass is 332 g/mol. The first-order chi connectivity index (χ1) is 11.5. The molecule has 1 atom stereocenters. The second-order valence-electron chi connectivity index (χ2n) is 7.25. The molecule has 0 aromatic heterocycles. The Morgan fingerprint density at radius 1 is 1.17 bits per heavy atom. The molecule has 0 bridgehead atoms. The fraction of sp³-hybridized carbons (Fsp3) is 0.632.